The molecule has 1 fully saturated rings. The molecule has 1 aliphatic heterocycles. The molecular formula is C19H29N2O13P. The van der Waals surface area contributed by atoms with Crippen molar-refractivity contribution in [3.8, 4) is 0 Å². The highest BCUT2D eigenvalue weighted by Gasteiger charge is 2.32. The lowest BCUT2D eigenvalue weighted by atomic mass is 10.2. The molecule has 0 radical (unpaired) electrons. The first-order chi connectivity index (χ1) is 16.4. The van der Waals surface area contributed by atoms with E-state index in [0.29, 0.717) is 11.5 Å². The van der Waals surface area contributed by atoms with Gasteiger partial charge in [-0.25, -0.2) is 9.36 Å². The Hall–Kier alpha value is -2.87. The van der Waals surface area contributed by atoms with Crippen molar-refractivity contribution >= 4 is 43.5 Å². The van der Waals surface area contributed by atoms with E-state index >= 15 is 0 Å². The van der Waals surface area contributed by atoms with Crippen LogP contribution in [0.5, 0.6) is 0 Å². The van der Waals surface area contributed by atoms with Crippen molar-refractivity contribution in [2.45, 2.75) is 58.5 Å². The lowest BCUT2D eigenvalue weighted by molar-refractivity contribution is -0.197. The minimum atomic E-state index is -4.54. The van der Waals surface area contributed by atoms with Gasteiger partial charge in [0.05, 0.1) is 13.2 Å². The van der Waals surface area contributed by atoms with Crippen LogP contribution in [0.2, 0.25) is 0 Å². The Morgan fingerprint density at radius 1 is 1.00 bits per heavy atom. The van der Waals surface area contributed by atoms with Gasteiger partial charge < -0.3 is 24.5 Å². The summed E-state index contributed by atoms with van der Waals surface area (Å²) in [4.78, 5) is 82.4. The highest BCUT2D eigenvalue weighted by atomic mass is 31.2. The second-order valence-corrected chi connectivity index (χ2v) is 8.69. The molecular weight excluding hydrogens is 495 g/mol. The van der Waals surface area contributed by atoms with Crippen LogP contribution >= 0.6 is 7.82 Å². The summed E-state index contributed by atoms with van der Waals surface area (Å²) in [5.74, 6) is -3.67. The van der Waals surface area contributed by atoms with Gasteiger partial charge >= 0.3 is 25.7 Å². The lowest BCUT2D eigenvalue weighted by Crippen LogP contribution is -2.32. The molecule has 1 rings (SSSR count). The number of rotatable bonds is 16. The number of hydrogen-bond acceptors (Lipinski definition) is 12. The zero-order chi connectivity index (χ0) is 26.4. The average Bonchev–Trinajstić information content (AvgIpc) is 3.08. The molecule has 0 aliphatic carbocycles. The first kappa shape index (κ1) is 30.2. The van der Waals surface area contributed by atoms with Crippen LogP contribution < -0.4 is 5.32 Å². The number of esters is 2. The average molecular weight is 524 g/mol. The zero-order valence-corrected chi connectivity index (χ0v) is 20.3. The Morgan fingerprint density at radius 3 is 2.23 bits per heavy atom. The van der Waals surface area contributed by atoms with E-state index in [0.717, 1.165) is 13.8 Å². The lowest BCUT2D eigenvalue weighted by Gasteiger charge is -2.18. The minimum Gasteiger partial charge on any atom is -0.462 e. The normalized spacial score (nSPS) is 15.8. The van der Waals surface area contributed by atoms with Gasteiger partial charge in [0, 0.05) is 46.1 Å². The molecule has 0 saturated carbocycles. The summed E-state index contributed by atoms with van der Waals surface area (Å²) in [5.41, 5.74) is 0. The molecule has 16 heteroatoms. The molecule has 2 atom stereocenters. The topological polar surface area (TPSA) is 201 Å². The van der Waals surface area contributed by atoms with Crippen LogP contribution in [0.25, 0.3) is 0 Å². The molecule has 0 spiro atoms. The number of imide groups is 1. The molecule has 2 N–H and O–H groups in total. The molecule has 15 nitrogen and oxygen atoms in total. The van der Waals surface area contributed by atoms with Crippen LogP contribution in [0.3, 0.4) is 0 Å². The fraction of sp³-hybridized carbons (Fsp3) is 0.684. The molecule has 1 aliphatic rings. The fourth-order valence-electron chi connectivity index (χ4n) is 2.58. The predicted molar refractivity (Wildman–Crippen MR) is 113 cm³/mol. The van der Waals surface area contributed by atoms with E-state index in [4.69, 9.17) is 18.6 Å². The molecule has 0 aromatic rings. The molecule has 3 amide bonds. The number of hydroxylamine groups is 2. The van der Waals surface area contributed by atoms with Crippen LogP contribution in [0.4, 0.5) is 0 Å². The molecule has 0 aromatic heterocycles. The van der Waals surface area contributed by atoms with Gasteiger partial charge in [0.1, 0.15) is 6.61 Å². The highest BCUT2D eigenvalue weighted by Crippen LogP contribution is 2.43. The fourth-order valence-corrected chi connectivity index (χ4v) is 3.33. The molecule has 2 unspecified atom stereocenters. The van der Waals surface area contributed by atoms with E-state index < -0.39 is 56.2 Å². The summed E-state index contributed by atoms with van der Waals surface area (Å²) in [6, 6.07) is 0. The van der Waals surface area contributed by atoms with Crippen LogP contribution in [-0.2, 0) is 56.7 Å². The number of carbonyl (C=O) groups excluding carboxylic acids is 6. The van der Waals surface area contributed by atoms with Gasteiger partial charge in [0.15, 0.2) is 6.10 Å². The Bertz CT molecular complexity index is 831. The molecule has 1 saturated heterocycles. The van der Waals surface area contributed by atoms with Crippen molar-refractivity contribution in [1.29, 1.82) is 0 Å². The number of nitrogens with zero attached hydrogens (tertiary/aromatic N) is 1. The van der Waals surface area contributed by atoms with Crippen molar-refractivity contribution in [3.63, 3.8) is 0 Å². The summed E-state index contributed by atoms with van der Waals surface area (Å²) in [5, 5.41) is 2.90. The molecule has 1 heterocycles. The third-order valence-corrected chi connectivity index (χ3v) is 5.13. The van der Waals surface area contributed by atoms with E-state index in [1.54, 1.807) is 0 Å². The van der Waals surface area contributed by atoms with Gasteiger partial charge in [-0.05, 0) is 12.8 Å². The number of unbranched alkanes of at least 4 members (excludes halogenated alkanes) is 1. The number of nitrogens with one attached hydrogen (secondary N) is 1. The number of ether oxygens (including phenoxy) is 2. The van der Waals surface area contributed by atoms with E-state index in [1.165, 1.54) is 0 Å². The van der Waals surface area contributed by atoms with Crippen molar-refractivity contribution in [1.82, 2.24) is 10.4 Å². The SMILES string of the molecule is CC(=O)OCC(COP(=O)(O)OCCNC(=O)CCCCC(=O)ON1C(=O)CCC1=O)OC(C)=O. The third kappa shape index (κ3) is 13.6. The summed E-state index contributed by atoms with van der Waals surface area (Å²) in [7, 11) is -4.54. The third-order valence-electron chi connectivity index (χ3n) is 4.14. The van der Waals surface area contributed by atoms with Gasteiger partial charge in [0.25, 0.3) is 11.8 Å². The van der Waals surface area contributed by atoms with Gasteiger partial charge in [-0.15, -0.1) is 5.06 Å². The van der Waals surface area contributed by atoms with Gasteiger partial charge in [-0.3, -0.25) is 33.0 Å². The van der Waals surface area contributed by atoms with Gasteiger partial charge in [-0.2, -0.15) is 0 Å². The maximum Gasteiger partial charge on any atom is 0.472 e. The molecule has 0 aromatic carbocycles. The van der Waals surface area contributed by atoms with E-state index in [-0.39, 0.29) is 51.9 Å². The summed E-state index contributed by atoms with van der Waals surface area (Å²) < 4.78 is 30.8. The van der Waals surface area contributed by atoms with E-state index in [1.807, 2.05) is 0 Å². The Labute approximate surface area is 200 Å². The van der Waals surface area contributed by atoms with Crippen LogP contribution in [0.1, 0.15) is 52.4 Å². The Morgan fingerprint density at radius 2 is 1.63 bits per heavy atom. The molecule has 0 bridgehead atoms. The second kappa shape index (κ2) is 15.2. The smallest absolute Gasteiger partial charge is 0.462 e. The van der Waals surface area contributed by atoms with Crippen LogP contribution in [0, 0.1) is 0 Å². The Kier molecular flexibility index (Phi) is 13.1. The summed E-state index contributed by atoms with van der Waals surface area (Å²) in [6.07, 6.45) is -0.584. The van der Waals surface area contributed by atoms with E-state index in [9.17, 15) is 38.2 Å². The second-order valence-electron chi connectivity index (χ2n) is 7.23. The largest absolute Gasteiger partial charge is 0.472 e. The highest BCUT2D eigenvalue weighted by molar-refractivity contribution is 7.47. The van der Waals surface area contributed by atoms with Crippen molar-refractivity contribution in [2.75, 3.05) is 26.4 Å². The number of amides is 3. The number of phosphoric acid groups is 1. The van der Waals surface area contributed by atoms with Crippen molar-refractivity contribution in [3.05, 3.63) is 0 Å². The van der Waals surface area contributed by atoms with Crippen molar-refractivity contribution in [2.24, 2.45) is 0 Å². The standard InChI is InChI=1S/C19H29N2O13P/c1-13(22)30-11-15(33-14(2)23)12-32-35(28,29)31-10-9-20-16(24)5-3-4-6-19(27)34-21-17(25)7-8-18(21)26/h15H,3-12H2,1-2H3,(H,20,24)(H,28,29). The number of hydrogen-bond donors (Lipinski definition) is 2. The summed E-state index contributed by atoms with van der Waals surface area (Å²) in [6.45, 7) is 0.798. The first-order valence-electron chi connectivity index (χ1n) is 10.7. The first-order valence-corrected chi connectivity index (χ1v) is 12.1. The Balaban J connectivity index is 2.18. The molecule has 35 heavy (non-hydrogen) atoms. The molecule has 198 valence electrons. The maximum atomic E-state index is 11.9. The quantitative estimate of drug-likeness (QED) is 0.117. The summed E-state index contributed by atoms with van der Waals surface area (Å²) >= 11 is 0. The van der Waals surface area contributed by atoms with Gasteiger partial charge in [0.2, 0.25) is 5.91 Å². The number of carbonyl (C=O) groups is 6. The van der Waals surface area contributed by atoms with E-state index in [2.05, 4.69) is 10.1 Å². The minimum absolute atomic E-state index is 0.00125. The monoisotopic (exact) mass is 524 g/mol. The maximum absolute atomic E-state index is 11.9. The van der Waals surface area contributed by atoms with Crippen LogP contribution in [-0.4, -0.2) is 78.1 Å². The van der Waals surface area contributed by atoms with Crippen molar-refractivity contribution < 1.29 is 61.6 Å². The van der Waals surface area contributed by atoms with Gasteiger partial charge in [-0.1, -0.05) is 0 Å². The number of phosphoric ester groups is 1. The predicted octanol–water partition coefficient (Wildman–Crippen LogP) is -0.101. The zero-order valence-electron chi connectivity index (χ0n) is 19.4. The van der Waals surface area contributed by atoms with Crippen LogP contribution in [0.15, 0.2) is 0 Å².